The highest BCUT2D eigenvalue weighted by Crippen LogP contribution is 2.34. The Morgan fingerprint density at radius 3 is 2.62 bits per heavy atom. The van der Waals surface area contributed by atoms with Gasteiger partial charge in [0, 0.05) is 23.8 Å². The molecular weight excluding hydrogens is 456 g/mol. The fraction of sp³-hybridized carbons (Fsp3) is 0.720. The van der Waals surface area contributed by atoms with Crippen molar-refractivity contribution in [2.24, 2.45) is 11.3 Å². The second-order valence-electron chi connectivity index (χ2n) is 10.2. The zero-order chi connectivity index (χ0) is 25.2. The molecule has 0 aromatic carbocycles. The molecule has 0 amide bonds. The van der Waals surface area contributed by atoms with Gasteiger partial charge in [-0.3, -0.25) is 9.59 Å². The van der Waals surface area contributed by atoms with Crippen molar-refractivity contribution in [2.45, 2.75) is 97.4 Å². The molecule has 1 aromatic rings. The summed E-state index contributed by atoms with van der Waals surface area (Å²) in [7, 11) is 0. The third-order valence-corrected chi connectivity index (χ3v) is 7.88. The van der Waals surface area contributed by atoms with Gasteiger partial charge in [0.25, 0.3) is 0 Å². The number of rotatable bonds is 2. The largest absolute Gasteiger partial charge is 0.458 e. The van der Waals surface area contributed by atoms with Crippen molar-refractivity contribution in [3.8, 4) is 0 Å². The fourth-order valence-corrected chi connectivity index (χ4v) is 5.05. The molecule has 1 aromatic heterocycles. The van der Waals surface area contributed by atoms with Crippen molar-refractivity contribution < 1.29 is 29.3 Å². The van der Waals surface area contributed by atoms with Crippen LogP contribution in [-0.4, -0.2) is 70.1 Å². The second kappa shape index (κ2) is 11.0. The lowest BCUT2D eigenvalue weighted by molar-refractivity contribution is -0.154. The number of nitrogens with one attached hydrogen (secondary N) is 1. The number of epoxide rings is 1. The average Bonchev–Trinajstić information content (AvgIpc) is 3.38. The predicted octanol–water partition coefficient (Wildman–Crippen LogP) is 2.65. The van der Waals surface area contributed by atoms with E-state index in [4.69, 9.17) is 9.47 Å². The number of esters is 1. The highest BCUT2D eigenvalue weighted by Gasteiger charge is 2.44. The lowest BCUT2D eigenvalue weighted by Gasteiger charge is -2.34. The number of aromatic nitrogens is 1. The van der Waals surface area contributed by atoms with Gasteiger partial charge < -0.3 is 25.0 Å². The van der Waals surface area contributed by atoms with Crippen LogP contribution in [0.5, 0.6) is 0 Å². The van der Waals surface area contributed by atoms with E-state index < -0.39 is 35.6 Å². The molecule has 0 unspecified atom stereocenters. The Morgan fingerprint density at radius 1 is 1.26 bits per heavy atom. The monoisotopic (exact) mass is 494 g/mol. The maximum Gasteiger partial charge on any atom is 0.309 e. The molecule has 3 heterocycles. The van der Waals surface area contributed by atoms with Gasteiger partial charge in [-0.1, -0.05) is 20.8 Å². The fourth-order valence-electron chi connectivity index (χ4n) is 4.48. The van der Waals surface area contributed by atoms with E-state index >= 15 is 0 Å². The first-order valence-corrected chi connectivity index (χ1v) is 12.9. The Kier molecular flexibility index (Phi) is 8.68. The van der Waals surface area contributed by atoms with Crippen molar-refractivity contribution in [1.29, 1.82) is 0 Å². The van der Waals surface area contributed by atoms with E-state index in [0.29, 0.717) is 13.0 Å². The van der Waals surface area contributed by atoms with Crippen LogP contribution >= 0.6 is 11.3 Å². The summed E-state index contributed by atoms with van der Waals surface area (Å²) in [5, 5.41) is 27.7. The van der Waals surface area contributed by atoms with Gasteiger partial charge in [0.15, 0.2) is 0 Å². The van der Waals surface area contributed by atoms with Gasteiger partial charge in [-0.15, -0.1) is 11.3 Å². The number of cyclic esters (lactones) is 1. The number of fused-ring (bicyclic) bond motifs is 1. The van der Waals surface area contributed by atoms with Crippen molar-refractivity contribution >= 4 is 29.2 Å². The number of ketones is 1. The maximum absolute atomic E-state index is 13.1. The van der Waals surface area contributed by atoms with Gasteiger partial charge in [-0.05, 0) is 45.4 Å². The molecule has 2 fully saturated rings. The number of thiazole rings is 1. The Bertz CT molecular complexity index is 913. The summed E-state index contributed by atoms with van der Waals surface area (Å²) in [6.45, 7) is 11.2. The zero-order valence-electron chi connectivity index (χ0n) is 20.9. The molecule has 2 saturated heterocycles. The second-order valence-corrected chi connectivity index (χ2v) is 11.3. The zero-order valence-corrected chi connectivity index (χ0v) is 21.7. The van der Waals surface area contributed by atoms with Crippen molar-refractivity contribution in [3.05, 3.63) is 21.7 Å². The van der Waals surface area contributed by atoms with E-state index in [1.54, 1.807) is 32.1 Å². The highest BCUT2D eigenvalue weighted by atomic mass is 32.1. The van der Waals surface area contributed by atoms with Crippen LogP contribution in [0.4, 0.5) is 0 Å². The van der Waals surface area contributed by atoms with E-state index in [2.05, 4.69) is 10.3 Å². The van der Waals surface area contributed by atoms with Crippen LogP contribution in [-0.2, 0) is 19.1 Å². The van der Waals surface area contributed by atoms with Gasteiger partial charge >= 0.3 is 5.97 Å². The van der Waals surface area contributed by atoms with E-state index in [-0.39, 0.29) is 30.5 Å². The summed E-state index contributed by atoms with van der Waals surface area (Å²) in [6.07, 6.45) is 0.195. The first-order valence-electron chi connectivity index (χ1n) is 12.0. The standard InChI is InChI=1S/C25H38N2O6S/c1-13(9-17-12-34-16(4)27-17)19-10-20-18(32-20)7-8-26-15(3)23(30)14(2)24(31)25(5,6)21(28)11-22(29)33-19/h9,12,14-15,18-21,23,26,28,30H,7-8,10-11H2,1-6H3/t14-,15+,18-,19+,20+,21+,23+/m1/s1. The summed E-state index contributed by atoms with van der Waals surface area (Å²) in [5.41, 5.74) is 0.440. The minimum Gasteiger partial charge on any atom is -0.458 e. The minimum absolute atomic E-state index is 0.0323. The van der Waals surface area contributed by atoms with Crippen LogP contribution in [0, 0.1) is 18.3 Å². The number of carbonyl (C=O) groups excluding carboxylic acids is 2. The van der Waals surface area contributed by atoms with E-state index in [1.165, 1.54) is 0 Å². The molecule has 0 saturated carbocycles. The number of nitrogens with zero attached hydrogens (tertiary/aromatic N) is 1. The summed E-state index contributed by atoms with van der Waals surface area (Å²) in [6, 6.07) is -0.304. The lowest BCUT2D eigenvalue weighted by Crippen LogP contribution is -2.49. The van der Waals surface area contributed by atoms with E-state index in [1.807, 2.05) is 32.2 Å². The van der Waals surface area contributed by atoms with Crippen molar-refractivity contribution in [1.82, 2.24) is 10.3 Å². The van der Waals surface area contributed by atoms with Crippen LogP contribution in [0.15, 0.2) is 11.0 Å². The number of ether oxygens (including phenoxy) is 2. The topological polar surface area (TPSA) is 121 Å². The normalized spacial score (nSPS) is 36.0. The molecule has 9 heteroatoms. The third-order valence-electron chi connectivity index (χ3n) is 7.09. The summed E-state index contributed by atoms with van der Waals surface area (Å²) < 4.78 is 11.6. The van der Waals surface area contributed by atoms with E-state index in [9.17, 15) is 19.8 Å². The molecule has 190 valence electrons. The molecule has 3 rings (SSSR count). The number of hydrogen-bond acceptors (Lipinski definition) is 9. The Hall–Kier alpha value is -1.65. The van der Waals surface area contributed by atoms with Gasteiger partial charge in [0.2, 0.25) is 0 Å². The average molecular weight is 495 g/mol. The number of aliphatic hydroxyl groups is 2. The van der Waals surface area contributed by atoms with Crippen molar-refractivity contribution in [3.63, 3.8) is 0 Å². The summed E-state index contributed by atoms with van der Waals surface area (Å²) >= 11 is 1.55. The quantitative estimate of drug-likeness (QED) is 0.424. The number of aliphatic hydroxyl groups excluding tert-OH is 2. The molecule has 34 heavy (non-hydrogen) atoms. The summed E-state index contributed by atoms with van der Waals surface area (Å²) in [5.74, 6) is -1.58. The van der Waals surface area contributed by atoms with Gasteiger partial charge in [0.1, 0.15) is 11.9 Å². The van der Waals surface area contributed by atoms with Crippen molar-refractivity contribution in [2.75, 3.05) is 6.54 Å². The van der Waals surface area contributed by atoms with Crippen LogP contribution in [0.2, 0.25) is 0 Å². The number of aryl methyl sites for hydroxylation is 1. The van der Waals surface area contributed by atoms with Crippen LogP contribution in [0.25, 0.3) is 6.08 Å². The molecule has 8 nitrogen and oxygen atoms in total. The van der Waals surface area contributed by atoms with Gasteiger partial charge in [0.05, 0.1) is 47.0 Å². The van der Waals surface area contributed by atoms with Crippen LogP contribution in [0.1, 0.15) is 64.6 Å². The maximum atomic E-state index is 13.1. The molecule has 0 radical (unpaired) electrons. The summed E-state index contributed by atoms with van der Waals surface area (Å²) in [4.78, 5) is 30.4. The first-order chi connectivity index (χ1) is 15.9. The molecule has 2 aliphatic rings. The molecule has 2 aliphatic heterocycles. The molecule has 0 aliphatic carbocycles. The third kappa shape index (κ3) is 6.51. The highest BCUT2D eigenvalue weighted by molar-refractivity contribution is 7.09. The lowest BCUT2D eigenvalue weighted by atomic mass is 9.74. The van der Waals surface area contributed by atoms with E-state index in [0.717, 1.165) is 22.7 Å². The Balaban J connectivity index is 1.81. The molecule has 3 N–H and O–H groups in total. The molecule has 7 atom stereocenters. The van der Waals surface area contributed by atoms with Gasteiger partial charge in [-0.25, -0.2) is 4.98 Å². The Morgan fingerprint density at radius 2 is 1.97 bits per heavy atom. The Labute approximate surface area is 205 Å². The molecule has 0 spiro atoms. The number of carbonyl (C=O) groups is 2. The molecular formula is C25H38N2O6S. The molecule has 0 bridgehead atoms. The SMILES string of the molecule is CC(=Cc1csc(C)n1)[C@@H]1C[C@@H]2O[C@@H]2CCN[C@@H](C)[C@@H](O)[C@@H](C)C(=O)C(C)(C)[C@@H](O)CC(=O)O1. The number of hydrogen-bond donors (Lipinski definition) is 3. The predicted molar refractivity (Wildman–Crippen MR) is 130 cm³/mol. The minimum atomic E-state index is -1.24. The number of Topliss-reactive ketones (excluding diaryl/α,β-unsaturated/α-hetero) is 1. The smallest absolute Gasteiger partial charge is 0.309 e. The van der Waals surface area contributed by atoms with Crippen LogP contribution < -0.4 is 5.32 Å². The first kappa shape index (κ1) is 26.9. The van der Waals surface area contributed by atoms with Crippen LogP contribution in [0.3, 0.4) is 0 Å². The van der Waals surface area contributed by atoms with Gasteiger partial charge in [-0.2, -0.15) is 0 Å².